The van der Waals surface area contributed by atoms with Crippen LogP contribution in [0.25, 0.3) is 11.0 Å². The predicted octanol–water partition coefficient (Wildman–Crippen LogP) is 3.52. The SMILES string of the molecule is Cc1csc(=NC(=O)c2ccnc3[nH]ccc23)n1Cc1ccccc1. The first-order chi connectivity index (χ1) is 12.2. The van der Waals surface area contributed by atoms with Crippen LogP contribution in [0.4, 0.5) is 0 Å². The van der Waals surface area contributed by atoms with E-state index in [1.54, 1.807) is 18.5 Å². The van der Waals surface area contributed by atoms with Crippen LogP contribution in [0, 0.1) is 6.92 Å². The van der Waals surface area contributed by atoms with Gasteiger partial charge in [0.1, 0.15) is 5.65 Å². The Morgan fingerprint density at radius 2 is 2.08 bits per heavy atom. The number of aryl methyl sites for hydroxylation is 1. The molecule has 3 heterocycles. The van der Waals surface area contributed by atoms with E-state index < -0.39 is 0 Å². The lowest BCUT2D eigenvalue weighted by atomic mass is 10.2. The molecule has 124 valence electrons. The molecular formula is C19H16N4OS. The standard InChI is InChI=1S/C19H16N4OS/c1-13-12-25-19(23(13)11-14-5-3-2-4-6-14)22-18(24)16-8-10-21-17-15(16)7-9-20-17/h2-10,12H,11H2,1H3,(H,20,21). The number of carbonyl (C=O) groups is 1. The average Bonchev–Trinajstić information content (AvgIpc) is 3.24. The van der Waals surface area contributed by atoms with E-state index in [-0.39, 0.29) is 5.91 Å². The number of fused-ring (bicyclic) bond motifs is 1. The van der Waals surface area contributed by atoms with Gasteiger partial charge in [-0.3, -0.25) is 4.79 Å². The lowest BCUT2D eigenvalue weighted by Crippen LogP contribution is -2.19. The molecule has 1 N–H and O–H groups in total. The quantitative estimate of drug-likeness (QED) is 0.616. The van der Waals surface area contributed by atoms with Crippen LogP contribution in [-0.4, -0.2) is 20.4 Å². The summed E-state index contributed by atoms with van der Waals surface area (Å²) in [6, 6.07) is 13.7. The number of hydrogen-bond donors (Lipinski definition) is 1. The van der Waals surface area contributed by atoms with Crippen LogP contribution < -0.4 is 4.80 Å². The summed E-state index contributed by atoms with van der Waals surface area (Å²) in [5, 5.41) is 2.81. The second-order valence-electron chi connectivity index (χ2n) is 5.75. The normalized spacial score (nSPS) is 12.0. The van der Waals surface area contributed by atoms with E-state index in [2.05, 4.69) is 31.7 Å². The number of aromatic amines is 1. The summed E-state index contributed by atoms with van der Waals surface area (Å²) in [5.74, 6) is -0.254. The minimum absolute atomic E-state index is 0.254. The number of carbonyl (C=O) groups excluding carboxylic acids is 1. The number of nitrogens with one attached hydrogen (secondary N) is 1. The monoisotopic (exact) mass is 348 g/mol. The van der Waals surface area contributed by atoms with Gasteiger partial charge in [0.05, 0.1) is 12.1 Å². The Morgan fingerprint density at radius 3 is 2.92 bits per heavy atom. The third kappa shape index (κ3) is 3.04. The second kappa shape index (κ2) is 6.49. The van der Waals surface area contributed by atoms with E-state index in [0.717, 1.165) is 11.1 Å². The molecule has 0 radical (unpaired) electrons. The number of benzene rings is 1. The fourth-order valence-corrected chi connectivity index (χ4v) is 3.63. The van der Waals surface area contributed by atoms with Gasteiger partial charge in [0.2, 0.25) is 0 Å². The van der Waals surface area contributed by atoms with Gasteiger partial charge in [0, 0.05) is 28.9 Å². The molecule has 0 atom stereocenters. The number of nitrogens with zero attached hydrogens (tertiary/aromatic N) is 3. The lowest BCUT2D eigenvalue weighted by molar-refractivity contribution is 0.0999. The minimum Gasteiger partial charge on any atom is -0.346 e. The molecule has 0 unspecified atom stereocenters. The van der Waals surface area contributed by atoms with Crippen molar-refractivity contribution >= 4 is 28.3 Å². The van der Waals surface area contributed by atoms with Crippen LogP contribution in [0.15, 0.2) is 65.2 Å². The van der Waals surface area contributed by atoms with Gasteiger partial charge < -0.3 is 9.55 Å². The van der Waals surface area contributed by atoms with Crippen molar-refractivity contribution in [2.75, 3.05) is 0 Å². The van der Waals surface area contributed by atoms with Crippen molar-refractivity contribution in [2.24, 2.45) is 4.99 Å². The van der Waals surface area contributed by atoms with E-state index in [4.69, 9.17) is 0 Å². The molecule has 0 aliphatic rings. The topological polar surface area (TPSA) is 63.0 Å². The van der Waals surface area contributed by atoms with Gasteiger partial charge in [-0.05, 0) is 24.6 Å². The Labute approximate surface area is 148 Å². The summed E-state index contributed by atoms with van der Waals surface area (Å²) in [7, 11) is 0. The van der Waals surface area contributed by atoms with Crippen molar-refractivity contribution in [1.29, 1.82) is 0 Å². The molecule has 3 aromatic heterocycles. The highest BCUT2D eigenvalue weighted by molar-refractivity contribution is 7.07. The van der Waals surface area contributed by atoms with Crippen LogP contribution in [-0.2, 0) is 6.54 Å². The van der Waals surface area contributed by atoms with Gasteiger partial charge >= 0.3 is 0 Å². The van der Waals surface area contributed by atoms with Gasteiger partial charge in [-0.2, -0.15) is 4.99 Å². The molecule has 0 fully saturated rings. The van der Waals surface area contributed by atoms with Gasteiger partial charge in [-0.15, -0.1) is 11.3 Å². The van der Waals surface area contributed by atoms with Gasteiger partial charge in [-0.25, -0.2) is 4.98 Å². The summed E-state index contributed by atoms with van der Waals surface area (Å²) in [6.45, 7) is 2.72. The van der Waals surface area contributed by atoms with Gasteiger partial charge in [-0.1, -0.05) is 30.3 Å². The highest BCUT2D eigenvalue weighted by Crippen LogP contribution is 2.16. The number of H-pyrrole nitrogens is 1. The molecule has 5 nitrogen and oxygen atoms in total. The maximum absolute atomic E-state index is 12.7. The van der Waals surface area contributed by atoms with Crippen LogP contribution in [0.2, 0.25) is 0 Å². The van der Waals surface area contributed by atoms with Crippen LogP contribution >= 0.6 is 11.3 Å². The molecule has 4 aromatic rings. The highest BCUT2D eigenvalue weighted by atomic mass is 32.1. The average molecular weight is 348 g/mol. The Morgan fingerprint density at radius 1 is 1.24 bits per heavy atom. The fraction of sp³-hybridized carbons (Fsp3) is 0.105. The van der Waals surface area contributed by atoms with Crippen molar-refractivity contribution in [3.05, 3.63) is 81.9 Å². The Bertz CT molecular complexity index is 1110. The number of rotatable bonds is 3. The zero-order valence-corrected chi connectivity index (χ0v) is 14.5. The number of hydrogen-bond acceptors (Lipinski definition) is 3. The number of aromatic nitrogens is 3. The summed E-state index contributed by atoms with van der Waals surface area (Å²) >= 11 is 1.48. The van der Waals surface area contributed by atoms with Crippen LogP contribution in [0.1, 0.15) is 21.6 Å². The molecule has 0 bridgehead atoms. The molecule has 6 heteroatoms. The minimum atomic E-state index is -0.254. The van der Waals surface area contributed by atoms with Crippen molar-refractivity contribution in [2.45, 2.75) is 13.5 Å². The molecule has 0 spiro atoms. The summed E-state index contributed by atoms with van der Waals surface area (Å²) in [4.78, 5) is 25.0. The zero-order valence-electron chi connectivity index (χ0n) is 13.6. The lowest BCUT2D eigenvalue weighted by Gasteiger charge is -2.06. The Hall–Kier alpha value is -2.99. The van der Waals surface area contributed by atoms with Crippen molar-refractivity contribution in [3.63, 3.8) is 0 Å². The molecule has 0 aliphatic heterocycles. The van der Waals surface area contributed by atoms with Crippen molar-refractivity contribution < 1.29 is 4.79 Å². The third-order valence-corrected chi connectivity index (χ3v) is 5.04. The van der Waals surface area contributed by atoms with E-state index >= 15 is 0 Å². The molecular weight excluding hydrogens is 332 g/mol. The first kappa shape index (κ1) is 15.5. The Balaban J connectivity index is 1.75. The third-order valence-electron chi connectivity index (χ3n) is 4.06. The molecule has 1 amide bonds. The summed E-state index contributed by atoms with van der Waals surface area (Å²) < 4.78 is 2.06. The predicted molar refractivity (Wildman–Crippen MR) is 98.6 cm³/mol. The Kier molecular flexibility index (Phi) is 4.03. The number of thiazole rings is 1. The number of pyridine rings is 1. The number of amides is 1. The fourth-order valence-electron chi connectivity index (χ4n) is 2.76. The second-order valence-corrected chi connectivity index (χ2v) is 6.58. The van der Waals surface area contributed by atoms with E-state index in [9.17, 15) is 4.79 Å². The van der Waals surface area contributed by atoms with Crippen molar-refractivity contribution in [3.8, 4) is 0 Å². The summed E-state index contributed by atoms with van der Waals surface area (Å²) in [6.07, 6.45) is 3.40. The van der Waals surface area contributed by atoms with E-state index in [1.165, 1.54) is 16.9 Å². The van der Waals surface area contributed by atoms with Crippen molar-refractivity contribution in [1.82, 2.24) is 14.5 Å². The van der Waals surface area contributed by atoms with E-state index in [1.807, 2.05) is 36.6 Å². The molecule has 0 saturated carbocycles. The molecule has 0 aliphatic carbocycles. The molecule has 25 heavy (non-hydrogen) atoms. The maximum Gasteiger partial charge on any atom is 0.280 e. The van der Waals surface area contributed by atoms with Gasteiger partial charge in [0.15, 0.2) is 4.80 Å². The summed E-state index contributed by atoms with van der Waals surface area (Å²) in [5.41, 5.74) is 3.51. The van der Waals surface area contributed by atoms with E-state index in [0.29, 0.717) is 22.6 Å². The van der Waals surface area contributed by atoms with Crippen LogP contribution in [0.3, 0.4) is 0 Å². The maximum atomic E-state index is 12.7. The smallest absolute Gasteiger partial charge is 0.280 e. The molecule has 1 aromatic carbocycles. The molecule has 4 rings (SSSR count). The zero-order chi connectivity index (χ0) is 17.2. The highest BCUT2D eigenvalue weighted by Gasteiger charge is 2.11. The van der Waals surface area contributed by atoms with Crippen LogP contribution in [0.5, 0.6) is 0 Å². The first-order valence-electron chi connectivity index (χ1n) is 7.92. The largest absolute Gasteiger partial charge is 0.346 e. The van der Waals surface area contributed by atoms with Gasteiger partial charge in [0.25, 0.3) is 5.91 Å². The first-order valence-corrected chi connectivity index (χ1v) is 8.80. The molecule has 0 saturated heterocycles.